The van der Waals surface area contributed by atoms with Crippen LogP contribution in [-0.4, -0.2) is 69.7 Å². The Morgan fingerprint density at radius 3 is 2.35 bits per heavy atom. The first-order chi connectivity index (χ1) is 14.9. The molecule has 9 heteroatoms. The standard InChI is InChI=1S/C22H29N3O5S/c1-4-31(27,28)25-12-10-24(11-13-25)16-17-6-5-7-18(14-17)22(26)23-19-8-9-20(29-2)21(15-19)30-3/h5-9,14-15H,4,10-13,16H2,1-3H3,(H,23,26). The first-order valence-corrected chi connectivity index (χ1v) is 11.8. The molecule has 0 bridgehead atoms. The van der Waals surface area contributed by atoms with Gasteiger partial charge in [-0.05, 0) is 36.8 Å². The number of nitrogens with zero attached hydrogens (tertiary/aromatic N) is 2. The van der Waals surface area contributed by atoms with Crippen LogP contribution in [0.1, 0.15) is 22.8 Å². The van der Waals surface area contributed by atoms with E-state index in [1.807, 2.05) is 18.2 Å². The monoisotopic (exact) mass is 447 g/mol. The number of methoxy groups -OCH3 is 2. The lowest BCUT2D eigenvalue weighted by atomic mass is 10.1. The van der Waals surface area contributed by atoms with Gasteiger partial charge in [-0.3, -0.25) is 9.69 Å². The Labute approximate surface area is 183 Å². The molecule has 168 valence electrons. The van der Waals surface area contributed by atoms with Gasteiger partial charge >= 0.3 is 0 Å². The van der Waals surface area contributed by atoms with Crippen molar-refractivity contribution in [2.24, 2.45) is 0 Å². The average molecular weight is 448 g/mol. The Hall–Kier alpha value is -2.62. The quantitative estimate of drug-likeness (QED) is 0.669. The van der Waals surface area contributed by atoms with Gasteiger partial charge in [0.15, 0.2) is 11.5 Å². The maximum Gasteiger partial charge on any atom is 0.255 e. The van der Waals surface area contributed by atoms with Crippen molar-refractivity contribution in [3.8, 4) is 11.5 Å². The van der Waals surface area contributed by atoms with E-state index in [0.29, 0.717) is 55.5 Å². The van der Waals surface area contributed by atoms with E-state index in [0.717, 1.165) is 5.56 Å². The fourth-order valence-electron chi connectivity index (χ4n) is 3.53. The van der Waals surface area contributed by atoms with Crippen molar-refractivity contribution in [2.45, 2.75) is 13.5 Å². The molecule has 0 aromatic heterocycles. The highest BCUT2D eigenvalue weighted by Crippen LogP contribution is 2.30. The van der Waals surface area contributed by atoms with Crippen molar-refractivity contribution < 1.29 is 22.7 Å². The fraction of sp³-hybridized carbons (Fsp3) is 0.409. The SMILES string of the molecule is CCS(=O)(=O)N1CCN(Cc2cccc(C(=O)Nc3ccc(OC)c(OC)c3)c2)CC1. The van der Waals surface area contributed by atoms with Crippen LogP contribution in [0.4, 0.5) is 5.69 Å². The number of rotatable bonds is 8. The van der Waals surface area contributed by atoms with Crippen LogP contribution in [0, 0.1) is 0 Å². The molecular weight excluding hydrogens is 418 g/mol. The third-order valence-electron chi connectivity index (χ3n) is 5.33. The van der Waals surface area contributed by atoms with Crippen LogP contribution in [-0.2, 0) is 16.6 Å². The fourth-order valence-corrected chi connectivity index (χ4v) is 4.62. The molecule has 0 spiro atoms. The van der Waals surface area contributed by atoms with E-state index in [9.17, 15) is 13.2 Å². The minimum absolute atomic E-state index is 0.129. The second-order valence-corrected chi connectivity index (χ2v) is 9.56. The maximum atomic E-state index is 12.7. The number of anilines is 1. The van der Waals surface area contributed by atoms with Crippen molar-refractivity contribution in [1.82, 2.24) is 9.21 Å². The molecule has 1 saturated heterocycles. The highest BCUT2D eigenvalue weighted by molar-refractivity contribution is 7.89. The predicted octanol–water partition coefficient (Wildman–Crippen LogP) is 2.42. The van der Waals surface area contributed by atoms with Crippen molar-refractivity contribution in [1.29, 1.82) is 0 Å². The van der Waals surface area contributed by atoms with Gasteiger partial charge in [0.1, 0.15) is 0 Å². The molecule has 0 radical (unpaired) electrons. The van der Waals surface area contributed by atoms with Crippen LogP contribution >= 0.6 is 0 Å². The molecule has 31 heavy (non-hydrogen) atoms. The first kappa shape index (κ1) is 23.1. The summed E-state index contributed by atoms with van der Waals surface area (Å²) >= 11 is 0. The van der Waals surface area contributed by atoms with Crippen LogP contribution in [0.25, 0.3) is 0 Å². The molecule has 1 heterocycles. The number of benzene rings is 2. The zero-order chi connectivity index (χ0) is 22.4. The molecule has 1 fully saturated rings. The Kier molecular flexibility index (Phi) is 7.53. The summed E-state index contributed by atoms with van der Waals surface area (Å²) in [7, 11) is -0.0321. The summed E-state index contributed by atoms with van der Waals surface area (Å²) in [4.78, 5) is 14.9. The lowest BCUT2D eigenvalue weighted by molar-refractivity contribution is 0.102. The summed E-state index contributed by atoms with van der Waals surface area (Å²) in [6.07, 6.45) is 0. The third kappa shape index (κ3) is 5.75. The van der Waals surface area contributed by atoms with Crippen LogP contribution in [0.3, 0.4) is 0 Å². The zero-order valence-electron chi connectivity index (χ0n) is 18.1. The van der Waals surface area contributed by atoms with E-state index >= 15 is 0 Å². The molecule has 0 aliphatic carbocycles. The van der Waals surface area contributed by atoms with Gasteiger partial charge in [-0.15, -0.1) is 0 Å². The molecule has 0 saturated carbocycles. The lowest BCUT2D eigenvalue weighted by Gasteiger charge is -2.33. The highest BCUT2D eigenvalue weighted by Gasteiger charge is 2.25. The van der Waals surface area contributed by atoms with Gasteiger partial charge in [-0.1, -0.05) is 12.1 Å². The molecule has 2 aromatic rings. The lowest BCUT2D eigenvalue weighted by Crippen LogP contribution is -2.48. The summed E-state index contributed by atoms with van der Waals surface area (Å²) in [5.41, 5.74) is 2.17. The Morgan fingerprint density at radius 1 is 1.00 bits per heavy atom. The molecule has 1 aliphatic heterocycles. The molecule has 8 nitrogen and oxygen atoms in total. The maximum absolute atomic E-state index is 12.7. The van der Waals surface area contributed by atoms with E-state index in [2.05, 4.69) is 10.2 Å². The van der Waals surface area contributed by atoms with Gasteiger partial charge in [-0.2, -0.15) is 4.31 Å². The van der Waals surface area contributed by atoms with Gasteiger partial charge in [-0.25, -0.2) is 8.42 Å². The smallest absolute Gasteiger partial charge is 0.255 e. The molecule has 1 N–H and O–H groups in total. The number of nitrogens with one attached hydrogen (secondary N) is 1. The van der Waals surface area contributed by atoms with Crippen LogP contribution in [0.15, 0.2) is 42.5 Å². The van der Waals surface area contributed by atoms with Crippen molar-refractivity contribution in [3.05, 3.63) is 53.6 Å². The number of piperazine rings is 1. The first-order valence-electron chi connectivity index (χ1n) is 10.2. The van der Waals surface area contributed by atoms with Crippen molar-refractivity contribution >= 4 is 21.6 Å². The van der Waals surface area contributed by atoms with E-state index < -0.39 is 10.0 Å². The number of carbonyl (C=O) groups is 1. The van der Waals surface area contributed by atoms with Crippen molar-refractivity contribution in [3.63, 3.8) is 0 Å². The van der Waals surface area contributed by atoms with E-state index in [1.54, 1.807) is 49.7 Å². The number of carbonyl (C=O) groups excluding carboxylic acids is 1. The molecule has 2 aromatic carbocycles. The molecule has 1 aliphatic rings. The second kappa shape index (κ2) is 10.1. The number of hydrogen-bond donors (Lipinski definition) is 1. The number of hydrogen-bond acceptors (Lipinski definition) is 6. The minimum Gasteiger partial charge on any atom is -0.493 e. The Morgan fingerprint density at radius 2 is 1.71 bits per heavy atom. The van der Waals surface area contributed by atoms with Gasteiger partial charge < -0.3 is 14.8 Å². The van der Waals surface area contributed by atoms with Crippen LogP contribution in [0.2, 0.25) is 0 Å². The summed E-state index contributed by atoms with van der Waals surface area (Å²) in [6, 6.07) is 12.7. The van der Waals surface area contributed by atoms with E-state index in [-0.39, 0.29) is 11.7 Å². The van der Waals surface area contributed by atoms with Gasteiger partial charge in [0.25, 0.3) is 5.91 Å². The van der Waals surface area contributed by atoms with Crippen molar-refractivity contribution in [2.75, 3.05) is 51.5 Å². The summed E-state index contributed by atoms with van der Waals surface area (Å²) < 4.78 is 36.1. The minimum atomic E-state index is -3.14. The van der Waals surface area contributed by atoms with E-state index in [4.69, 9.17) is 9.47 Å². The zero-order valence-corrected chi connectivity index (χ0v) is 18.9. The predicted molar refractivity (Wildman–Crippen MR) is 120 cm³/mol. The largest absolute Gasteiger partial charge is 0.493 e. The van der Waals surface area contributed by atoms with Gasteiger partial charge in [0, 0.05) is 50.0 Å². The van der Waals surface area contributed by atoms with E-state index in [1.165, 1.54) is 0 Å². The number of sulfonamides is 1. The molecule has 0 unspecified atom stereocenters. The number of amides is 1. The highest BCUT2D eigenvalue weighted by atomic mass is 32.2. The Bertz CT molecular complexity index is 1020. The van der Waals surface area contributed by atoms with Gasteiger partial charge in [0.05, 0.1) is 20.0 Å². The summed E-state index contributed by atoms with van der Waals surface area (Å²) in [5, 5.41) is 2.88. The van der Waals surface area contributed by atoms with Crippen LogP contribution < -0.4 is 14.8 Å². The molecule has 3 rings (SSSR count). The summed E-state index contributed by atoms with van der Waals surface area (Å²) in [5.74, 6) is 1.05. The Balaban J connectivity index is 1.62. The summed E-state index contributed by atoms with van der Waals surface area (Å²) in [6.45, 7) is 4.66. The topological polar surface area (TPSA) is 88.2 Å². The number of ether oxygens (including phenoxy) is 2. The molecular formula is C22H29N3O5S. The second-order valence-electron chi connectivity index (χ2n) is 7.30. The van der Waals surface area contributed by atoms with Gasteiger partial charge in [0.2, 0.25) is 10.0 Å². The molecule has 1 amide bonds. The van der Waals surface area contributed by atoms with Crippen LogP contribution in [0.5, 0.6) is 11.5 Å². The third-order valence-corrected chi connectivity index (χ3v) is 7.21. The normalized spacial score (nSPS) is 15.5. The molecule has 0 atom stereocenters. The average Bonchev–Trinajstić information content (AvgIpc) is 2.79.